The molecule has 2 aromatic heterocycles. The third-order valence-corrected chi connectivity index (χ3v) is 6.16. The van der Waals surface area contributed by atoms with E-state index in [2.05, 4.69) is 10.1 Å². The molecule has 0 radical (unpaired) electrons. The SMILES string of the molecule is CC(=O)[C@H](C)N1N=C(C)[C@@H](C)n2c1nc1c2c(=O)n(Cc2ccccc2C)c(=O)n1C. The van der Waals surface area contributed by atoms with Crippen molar-refractivity contribution in [3.8, 4) is 0 Å². The number of carbonyl (C=O) groups is 1. The lowest BCUT2D eigenvalue weighted by atomic mass is 10.1. The Hall–Kier alpha value is -3.49. The van der Waals surface area contributed by atoms with Gasteiger partial charge < -0.3 is 0 Å². The van der Waals surface area contributed by atoms with E-state index in [1.54, 1.807) is 18.5 Å². The molecular formula is C22H26N6O3. The second-order valence-corrected chi connectivity index (χ2v) is 8.16. The molecule has 0 fully saturated rings. The first-order chi connectivity index (χ1) is 14.6. The van der Waals surface area contributed by atoms with E-state index in [1.165, 1.54) is 21.1 Å². The zero-order chi connectivity index (χ0) is 22.6. The number of aromatic nitrogens is 4. The Bertz CT molecular complexity index is 1360. The highest BCUT2D eigenvalue weighted by Crippen LogP contribution is 2.31. The number of carbonyl (C=O) groups excluding carboxylic acids is 1. The number of nitrogens with zero attached hydrogens (tertiary/aromatic N) is 6. The van der Waals surface area contributed by atoms with E-state index in [1.807, 2.05) is 45.0 Å². The summed E-state index contributed by atoms with van der Waals surface area (Å²) in [5.41, 5.74) is 2.42. The van der Waals surface area contributed by atoms with Crippen molar-refractivity contribution in [3.05, 3.63) is 56.2 Å². The molecule has 3 heterocycles. The van der Waals surface area contributed by atoms with Gasteiger partial charge in [-0.15, -0.1) is 0 Å². The van der Waals surface area contributed by atoms with Gasteiger partial charge in [0.1, 0.15) is 6.04 Å². The van der Waals surface area contributed by atoms with Crippen molar-refractivity contribution in [2.24, 2.45) is 12.1 Å². The number of benzene rings is 1. The van der Waals surface area contributed by atoms with Gasteiger partial charge in [0.2, 0.25) is 5.95 Å². The summed E-state index contributed by atoms with van der Waals surface area (Å²) in [6, 6.07) is 6.88. The summed E-state index contributed by atoms with van der Waals surface area (Å²) in [5, 5.41) is 6.09. The minimum atomic E-state index is -0.552. The number of rotatable bonds is 4. The Labute approximate surface area is 179 Å². The van der Waals surface area contributed by atoms with Crippen LogP contribution in [0.1, 0.15) is 44.9 Å². The largest absolute Gasteiger partial charge is 0.332 e. The summed E-state index contributed by atoms with van der Waals surface area (Å²) in [6.07, 6.45) is 0. The van der Waals surface area contributed by atoms with Crippen LogP contribution in [0.15, 0.2) is 39.0 Å². The number of anilines is 1. The highest BCUT2D eigenvalue weighted by atomic mass is 16.2. The van der Waals surface area contributed by atoms with Crippen LogP contribution in [0.4, 0.5) is 5.95 Å². The van der Waals surface area contributed by atoms with Gasteiger partial charge in [0.15, 0.2) is 16.9 Å². The van der Waals surface area contributed by atoms with Gasteiger partial charge in [0.25, 0.3) is 5.56 Å². The van der Waals surface area contributed by atoms with Crippen molar-refractivity contribution in [3.63, 3.8) is 0 Å². The molecular weight excluding hydrogens is 396 g/mol. The minimum Gasteiger partial charge on any atom is -0.298 e. The summed E-state index contributed by atoms with van der Waals surface area (Å²) < 4.78 is 4.42. The molecule has 0 N–H and O–H groups in total. The molecule has 1 aliphatic rings. The molecule has 0 spiro atoms. The number of aryl methyl sites for hydroxylation is 2. The fourth-order valence-corrected chi connectivity index (χ4v) is 3.87. The number of fused-ring (bicyclic) bond motifs is 3. The molecule has 0 saturated heterocycles. The van der Waals surface area contributed by atoms with E-state index in [-0.39, 0.29) is 24.0 Å². The molecule has 0 aliphatic carbocycles. The zero-order valence-electron chi connectivity index (χ0n) is 18.6. The standard InChI is InChI=1S/C22H26N6O3/c1-12-9-7-8-10-17(12)11-26-20(30)18-19(25(6)22(26)31)23-21-27(18)14(3)13(2)24-28(21)15(4)16(5)29/h7-10,14-15H,11H2,1-6H3/t14-,15+/m1/s1. The Morgan fingerprint density at radius 2 is 1.87 bits per heavy atom. The van der Waals surface area contributed by atoms with Gasteiger partial charge in [-0.05, 0) is 45.7 Å². The van der Waals surface area contributed by atoms with Crippen molar-refractivity contribution in [2.75, 3.05) is 5.01 Å². The van der Waals surface area contributed by atoms with Crippen molar-refractivity contribution < 1.29 is 4.79 Å². The van der Waals surface area contributed by atoms with Crippen LogP contribution in [0, 0.1) is 6.92 Å². The molecule has 31 heavy (non-hydrogen) atoms. The number of imidazole rings is 1. The molecule has 4 rings (SSSR count). The van der Waals surface area contributed by atoms with Gasteiger partial charge >= 0.3 is 5.69 Å². The Morgan fingerprint density at radius 1 is 1.19 bits per heavy atom. The monoisotopic (exact) mass is 422 g/mol. The third kappa shape index (κ3) is 3.11. The quantitative estimate of drug-likeness (QED) is 0.641. The highest BCUT2D eigenvalue weighted by molar-refractivity contribution is 5.93. The fraction of sp³-hybridized carbons (Fsp3) is 0.409. The maximum Gasteiger partial charge on any atom is 0.332 e. The molecule has 162 valence electrons. The topological polar surface area (TPSA) is 94.5 Å². The summed E-state index contributed by atoms with van der Waals surface area (Å²) >= 11 is 0. The molecule has 0 unspecified atom stereocenters. The van der Waals surface area contributed by atoms with Crippen LogP contribution in [0.2, 0.25) is 0 Å². The van der Waals surface area contributed by atoms with E-state index in [0.717, 1.165) is 16.8 Å². The van der Waals surface area contributed by atoms with Gasteiger partial charge in [0.05, 0.1) is 18.3 Å². The van der Waals surface area contributed by atoms with Crippen LogP contribution in [-0.2, 0) is 18.4 Å². The summed E-state index contributed by atoms with van der Waals surface area (Å²) in [5.74, 6) is 0.312. The van der Waals surface area contributed by atoms with Crippen LogP contribution in [0.25, 0.3) is 11.2 Å². The average Bonchev–Trinajstić information content (AvgIpc) is 3.14. The van der Waals surface area contributed by atoms with E-state index in [4.69, 9.17) is 0 Å². The van der Waals surface area contributed by atoms with Crippen LogP contribution >= 0.6 is 0 Å². The molecule has 9 heteroatoms. The Kier molecular flexibility index (Phi) is 4.91. The normalized spacial score (nSPS) is 16.9. The zero-order valence-corrected chi connectivity index (χ0v) is 18.6. The van der Waals surface area contributed by atoms with Gasteiger partial charge in [-0.1, -0.05) is 24.3 Å². The van der Waals surface area contributed by atoms with Crippen LogP contribution in [0.5, 0.6) is 0 Å². The van der Waals surface area contributed by atoms with Gasteiger partial charge in [-0.25, -0.2) is 9.80 Å². The molecule has 1 aliphatic heterocycles. The fourth-order valence-electron chi connectivity index (χ4n) is 3.87. The van der Waals surface area contributed by atoms with E-state index >= 15 is 0 Å². The number of hydrogen-bond donors (Lipinski definition) is 0. The number of Topliss-reactive ketones (excluding diaryl/α,β-unsaturated/α-hetero) is 1. The lowest BCUT2D eigenvalue weighted by Crippen LogP contribution is -2.42. The first-order valence-corrected chi connectivity index (χ1v) is 10.2. The Balaban J connectivity index is 2.01. The summed E-state index contributed by atoms with van der Waals surface area (Å²) in [6.45, 7) is 9.14. The van der Waals surface area contributed by atoms with Crippen molar-refractivity contribution >= 4 is 28.6 Å². The number of ketones is 1. The predicted molar refractivity (Wildman–Crippen MR) is 120 cm³/mol. The van der Waals surface area contributed by atoms with Crippen molar-refractivity contribution in [2.45, 2.75) is 53.2 Å². The first-order valence-electron chi connectivity index (χ1n) is 10.2. The second-order valence-electron chi connectivity index (χ2n) is 8.16. The summed E-state index contributed by atoms with van der Waals surface area (Å²) in [7, 11) is 1.61. The van der Waals surface area contributed by atoms with Crippen LogP contribution in [-0.4, -0.2) is 36.2 Å². The molecule has 2 atom stereocenters. The predicted octanol–water partition coefficient (Wildman–Crippen LogP) is 1.99. The van der Waals surface area contributed by atoms with Crippen LogP contribution in [0.3, 0.4) is 0 Å². The molecule has 0 saturated carbocycles. The van der Waals surface area contributed by atoms with E-state index in [9.17, 15) is 14.4 Å². The number of hydrazone groups is 1. The maximum atomic E-state index is 13.6. The van der Waals surface area contributed by atoms with Gasteiger partial charge in [-0.2, -0.15) is 10.1 Å². The van der Waals surface area contributed by atoms with E-state index < -0.39 is 17.3 Å². The minimum absolute atomic E-state index is 0.0736. The van der Waals surface area contributed by atoms with Gasteiger partial charge in [0, 0.05) is 7.05 Å². The average molecular weight is 422 g/mol. The maximum absolute atomic E-state index is 13.6. The number of hydrogen-bond acceptors (Lipinski definition) is 6. The lowest BCUT2D eigenvalue weighted by molar-refractivity contribution is -0.118. The molecule has 9 nitrogen and oxygen atoms in total. The summed E-state index contributed by atoms with van der Waals surface area (Å²) in [4.78, 5) is 43.3. The Morgan fingerprint density at radius 3 is 2.52 bits per heavy atom. The molecule has 3 aromatic rings. The van der Waals surface area contributed by atoms with Crippen LogP contribution < -0.4 is 16.3 Å². The van der Waals surface area contributed by atoms with E-state index in [0.29, 0.717) is 11.5 Å². The van der Waals surface area contributed by atoms with Gasteiger partial charge in [-0.3, -0.25) is 23.3 Å². The second kappa shape index (κ2) is 7.33. The lowest BCUT2D eigenvalue weighted by Gasteiger charge is -2.31. The highest BCUT2D eigenvalue weighted by Gasteiger charge is 2.33. The smallest absolute Gasteiger partial charge is 0.298 e. The molecule has 0 amide bonds. The van der Waals surface area contributed by atoms with Crippen molar-refractivity contribution in [1.29, 1.82) is 0 Å². The molecule has 1 aromatic carbocycles. The first kappa shape index (κ1) is 20.8. The third-order valence-electron chi connectivity index (χ3n) is 6.16. The molecule has 0 bridgehead atoms. The van der Waals surface area contributed by atoms with Crippen molar-refractivity contribution in [1.82, 2.24) is 18.7 Å².